The van der Waals surface area contributed by atoms with Crippen LogP contribution in [-0.4, -0.2) is 15.5 Å². The van der Waals surface area contributed by atoms with Gasteiger partial charge in [-0.25, -0.2) is 4.98 Å². The maximum atomic E-state index is 10.7. The third-order valence-corrected chi connectivity index (χ3v) is 2.92. The van der Waals surface area contributed by atoms with Crippen LogP contribution in [0.1, 0.15) is 6.42 Å². The molecule has 2 aromatic rings. The number of nitrogens with zero attached hydrogens (tertiary/aromatic N) is 2. The van der Waals surface area contributed by atoms with E-state index in [1.54, 1.807) is 17.5 Å². The van der Waals surface area contributed by atoms with Gasteiger partial charge in [0.15, 0.2) is 0 Å². The molecule has 2 aromatic heterocycles. The number of amides is 1. The zero-order chi connectivity index (χ0) is 10.7. The molecule has 0 bridgehead atoms. The number of aryl methyl sites for hydroxylation is 1. The monoisotopic (exact) mass is 221 g/mol. The van der Waals surface area contributed by atoms with Crippen molar-refractivity contribution < 1.29 is 4.79 Å². The van der Waals surface area contributed by atoms with Crippen LogP contribution in [0.25, 0.3) is 10.7 Å². The van der Waals surface area contributed by atoms with Crippen molar-refractivity contribution in [3.63, 3.8) is 0 Å². The van der Waals surface area contributed by atoms with Crippen LogP contribution in [0, 0.1) is 0 Å². The summed E-state index contributed by atoms with van der Waals surface area (Å²) < 4.78 is 1.94. The molecule has 0 spiro atoms. The Morgan fingerprint density at radius 1 is 1.60 bits per heavy atom. The Bertz CT molecular complexity index is 447. The SMILES string of the molecule is NC(=O)CCn1ccnc1-c1cccs1. The number of hydrogen-bond acceptors (Lipinski definition) is 3. The van der Waals surface area contributed by atoms with Gasteiger partial charge in [-0.2, -0.15) is 0 Å². The number of carbonyl (C=O) groups excluding carboxylic acids is 1. The summed E-state index contributed by atoms with van der Waals surface area (Å²) in [5.41, 5.74) is 5.11. The molecule has 0 saturated heterocycles. The van der Waals surface area contributed by atoms with E-state index in [1.807, 2.05) is 28.3 Å². The molecule has 0 fully saturated rings. The third-order valence-electron chi connectivity index (χ3n) is 2.06. The molecule has 0 aliphatic heterocycles. The minimum Gasteiger partial charge on any atom is -0.370 e. The van der Waals surface area contributed by atoms with Gasteiger partial charge in [-0.3, -0.25) is 4.79 Å². The first kappa shape index (κ1) is 9.92. The summed E-state index contributed by atoms with van der Waals surface area (Å²) in [5, 5.41) is 2.00. The zero-order valence-electron chi connectivity index (χ0n) is 8.09. The Kier molecular flexibility index (Phi) is 2.82. The fraction of sp³-hybridized carbons (Fsp3) is 0.200. The summed E-state index contributed by atoms with van der Waals surface area (Å²) in [7, 11) is 0. The second kappa shape index (κ2) is 4.27. The molecule has 5 heteroatoms. The second-order valence-corrected chi connectivity index (χ2v) is 4.09. The van der Waals surface area contributed by atoms with Crippen molar-refractivity contribution in [3.8, 4) is 10.7 Å². The Morgan fingerprint density at radius 3 is 3.13 bits per heavy atom. The number of aromatic nitrogens is 2. The van der Waals surface area contributed by atoms with Crippen molar-refractivity contribution in [1.29, 1.82) is 0 Å². The summed E-state index contributed by atoms with van der Waals surface area (Å²) in [5.74, 6) is 0.604. The highest BCUT2D eigenvalue weighted by Crippen LogP contribution is 2.22. The third kappa shape index (κ3) is 2.24. The molecule has 0 saturated carbocycles. The van der Waals surface area contributed by atoms with Crippen molar-refractivity contribution in [3.05, 3.63) is 29.9 Å². The highest BCUT2D eigenvalue weighted by molar-refractivity contribution is 7.13. The number of rotatable bonds is 4. The molecule has 0 aliphatic rings. The summed E-state index contributed by atoms with van der Waals surface area (Å²) in [4.78, 5) is 16.0. The molecule has 15 heavy (non-hydrogen) atoms. The molecule has 4 nitrogen and oxygen atoms in total. The lowest BCUT2D eigenvalue weighted by molar-refractivity contribution is -0.118. The molecular weight excluding hydrogens is 210 g/mol. The predicted molar refractivity (Wildman–Crippen MR) is 59.4 cm³/mol. The van der Waals surface area contributed by atoms with Crippen molar-refractivity contribution in [2.24, 2.45) is 5.73 Å². The van der Waals surface area contributed by atoms with Crippen LogP contribution in [-0.2, 0) is 11.3 Å². The van der Waals surface area contributed by atoms with Gasteiger partial charge in [0, 0.05) is 25.4 Å². The predicted octanol–water partition coefficient (Wildman–Crippen LogP) is 1.49. The summed E-state index contributed by atoms with van der Waals surface area (Å²) in [6.45, 7) is 0.586. The van der Waals surface area contributed by atoms with Gasteiger partial charge >= 0.3 is 0 Å². The maximum Gasteiger partial charge on any atom is 0.219 e. The van der Waals surface area contributed by atoms with Crippen LogP contribution < -0.4 is 5.73 Å². The zero-order valence-corrected chi connectivity index (χ0v) is 8.91. The van der Waals surface area contributed by atoms with Gasteiger partial charge in [0.2, 0.25) is 5.91 Å². The first-order chi connectivity index (χ1) is 7.27. The van der Waals surface area contributed by atoms with E-state index in [0.29, 0.717) is 13.0 Å². The highest BCUT2D eigenvalue weighted by atomic mass is 32.1. The molecular formula is C10H11N3OS. The lowest BCUT2D eigenvalue weighted by Crippen LogP contribution is -2.13. The number of nitrogens with two attached hydrogens (primary N) is 1. The van der Waals surface area contributed by atoms with E-state index >= 15 is 0 Å². The molecule has 0 aromatic carbocycles. The summed E-state index contributed by atoms with van der Waals surface area (Å²) in [6, 6.07) is 3.99. The first-order valence-electron chi connectivity index (χ1n) is 4.60. The van der Waals surface area contributed by atoms with Crippen LogP contribution in [0.2, 0.25) is 0 Å². The largest absolute Gasteiger partial charge is 0.370 e. The van der Waals surface area contributed by atoms with Crippen LogP contribution in [0.3, 0.4) is 0 Å². The van der Waals surface area contributed by atoms with E-state index in [2.05, 4.69) is 4.98 Å². The van der Waals surface area contributed by atoms with Gasteiger partial charge < -0.3 is 10.3 Å². The van der Waals surface area contributed by atoms with Gasteiger partial charge in [0.25, 0.3) is 0 Å². The van der Waals surface area contributed by atoms with Crippen LogP contribution >= 0.6 is 11.3 Å². The average molecular weight is 221 g/mol. The molecule has 0 radical (unpaired) electrons. The molecule has 0 atom stereocenters. The lowest BCUT2D eigenvalue weighted by Gasteiger charge is -2.03. The standard InChI is InChI=1S/C10H11N3OS/c11-9(14)3-5-13-6-4-12-10(13)8-2-1-7-15-8/h1-2,4,6-7H,3,5H2,(H2,11,14). The molecule has 0 aliphatic carbocycles. The van der Waals surface area contributed by atoms with Crippen molar-refractivity contribution in [1.82, 2.24) is 9.55 Å². The minimum atomic E-state index is -0.291. The van der Waals surface area contributed by atoms with E-state index in [-0.39, 0.29) is 5.91 Å². The topological polar surface area (TPSA) is 60.9 Å². The number of hydrogen-bond donors (Lipinski definition) is 1. The minimum absolute atomic E-state index is 0.291. The maximum absolute atomic E-state index is 10.7. The number of imidazole rings is 1. The quantitative estimate of drug-likeness (QED) is 0.850. The molecule has 2 N–H and O–H groups in total. The molecule has 2 rings (SSSR count). The van der Waals surface area contributed by atoms with Crippen LogP contribution in [0.5, 0.6) is 0 Å². The summed E-state index contributed by atoms with van der Waals surface area (Å²) in [6.07, 6.45) is 3.93. The van der Waals surface area contributed by atoms with Gasteiger partial charge in [-0.1, -0.05) is 6.07 Å². The Balaban J connectivity index is 2.19. The van der Waals surface area contributed by atoms with E-state index < -0.39 is 0 Å². The van der Waals surface area contributed by atoms with Crippen LogP contribution in [0.4, 0.5) is 0 Å². The fourth-order valence-electron chi connectivity index (χ4n) is 1.35. The van der Waals surface area contributed by atoms with E-state index in [0.717, 1.165) is 10.7 Å². The fourth-order valence-corrected chi connectivity index (χ4v) is 2.09. The van der Waals surface area contributed by atoms with Gasteiger partial charge in [0.05, 0.1) is 4.88 Å². The smallest absolute Gasteiger partial charge is 0.219 e. The summed E-state index contributed by atoms with van der Waals surface area (Å²) >= 11 is 1.63. The van der Waals surface area contributed by atoms with Crippen molar-refractivity contribution in [2.75, 3.05) is 0 Å². The van der Waals surface area contributed by atoms with Crippen molar-refractivity contribution >= 4 is 17.2 Å². The van der Waals surface area contributed by atoms with Gasteiger partial charge in [0.1, 0.15) is 5.82 Å². The van der Waals surface area contributed by atoms with Crippen molar-refractivity contribution in [2.45, 2.75) is 13.0 Å². The van der Waals surface area contributed by atoms with E-state index in [9.17, 15) is 4.79 Å². The Hall–Kier alpha value is -1.62. The van der Waals surface area contributed by atoms with Gasteiger partial charge in [-0.15, -0.1) is 11.3 Å². The van der Waals surface area contributed by atoms with E-state index in [1.165, 1.54) is 0 Å². The molecule has 78 valence electrons. The molecule has 1 amide bonds. The average Bonchev–Trinajstić information content (AvgIpc) is 2.85. The van der Waals surface area contributed by atoms with E-state index in [4.69, 9.17) is 5.73 Å². The second-order valence-electron chi connectivity index (χ2n) is 3.14. The first-order valence-corrected chi connectivity index (χ1v) is 5.48. The Morgan fingerprint density at radius 2 is 2.47 bits per heavy atom. The molecule has 2 heterocycles. The normalized spacial score (nSPS) is 10.4. The molecule has 0 unspecified atom stereocenters. The Labute approximate surface area is 91.4 Å². The number of primary amides is 1. The highest BCUT2D eigenvalue weighted by Gasteiger charge is 2.06. The van der Waals surface area contributed by atoms with Crippen LogP contribution in [0.15, 0.2) is 29.9 Å². The number of carbonyl (C=O) groups is 1. The lowest BCUT2D eigenvalue weighted by atomic mass is 10.4. The number of thiophene rings is 1. The van der Waals surface area contributed by atoms with Gasteiger partial charge in [-0.05, 0) is 11.4 Å².